The number of aryl methyl sites for hydroxylation is 1. The number of nitrogen functional groups attached to an aromatic ring is 2. The molecule has 3 aromatic rings. The quantitative estimate of drug-likeness (QED) is 0.674. The smallest absolute Gasteiger partial charge is 0.253 e. The number of amides is 1. The van der Waals surface area contributed by atoms with Gasteiger partial charge < -0.3 is 21.1 Å². The molecule has 0 radical (unpaired) electrons. The van der Waals surface area contributed by atoms with E-state index < -0.39 is 0 Å². The Balaban J connectivity index is 1.35. The molecule has 7 nitrogen and oxygen atoms in total. The minimum atomic E-state index is 0.105. The summed E-state index contributed by atoms with van der Waals surface area (Å²) in [6.45, 7) is 4.15. The molecule has 156 valence electrons. The summed E-state index contributed by atoms with van der Waals surface area (Å²) in [7, 11) is 0. The standard InChI is InChI=1S/C23H27N5O2/c1-2-15-6-8-17(9-7-15)22(29)28-12-10-16(11-13-28)14-30-19-5-3-4-18-20(19)21(24)27-23(25)26-18/h3-9,16H,2,10-14H2,1H3,(H4,24,25,26,27). The van der Waals surface area contributed by atoms with Gasteiger partial charge in [0.2, 0.25) is 5.95 Å². The maximum absolute atomic E-state index is 12.8. The van der Waals surface area contributed by atoms with Crippen LogP contribution in [0.3, 0.4) is 0 Å². The van der Waals surface area contributed by atoms with E-state index >= 15 is 0 Å². The van der Waals surface area contributed by atoms with E-state index in [1.54, 1.807) is 0 Å². The van der Waals surface area contributed by atoms with E-state index in [9.17, 15) is 4.79 Å². The maximum Gasteiger partial charge on any atom is 0.253 e. The van der Waals surface area contributed by atoms with E-state index in [-0.39, 0.29) is 11.9 Å². The molecule has 1 aliphatic rings. The second kappa shape index (κ2) is 8.57. The van der Waals surface area contributed by atoms with E-state index in [0.717, 1.165) is 37.9 Å². The van der Waals surface area contributed by atoms with Gasteiger partial charge in [-0.1, -0.05) is 25.1 Å². The molecule has 1 aromatic heterocycles. The van der Waals surface area contributed by atoms with Gasteiger partial charge in [0.1, 0.15) is 11.6 Å². The molecule has 0 bridgehead atoms. The van der Waals surface area contributed by atoms with Crippen LogP contribution >= 0.6 is 0 Å². The zero-order chi connectivity index (χ0) is 21.1. The molecule has 1 aliphatic heterocycles. The highest BCUT2D eigenvalue weighted by Crippen LogP contribution is 2.30. The number of fused-ring (bicyclic) bond motifs is 1. The third-order valence-corrected chi connectivity index (χ3v) is 5.72. The third-order valence-electron chi connectivity index (χ3n) is 5.72. The summed E-state index contributed by atoms with van der Waals surface area (Å²) in [6.07, 6.45) is 2.78. The van der Waals surface area contributed by atoms with Crippen LogP contribution in [0, 0.1) is 5.92 Å². The van der Waals surface area contributed by atoms with Crippen LogP contribution in [0.25, 0.3) is 10.9 Å². The summed E-state index contributed by atoms with van der Waals surface area (Å²) >= 11 is 0. The van der Waals surface area contributed by atoms with Crippen molar-refractivity contribution in [2.24, 2.45) is 5.92 Å². The Morgan fingerprint density at radius 3 is 2.53 bits per heavy atom. The predicted octanol–water partition coefficient (Wildman–Crippen LogP) is 3.29. The lowest BCUT2D eigenvalue weighted by atomic mass is 9.97. The molecule has 7 heteroatoms. The molecule has 1 saturated heterocycles. The molecule has 30 heavy (non-hydrogen) atoms. The summed E-state index contributed by atoms with van der Waals surface area (Å²) in [5, 5.41) is 0.690. The van der Waals surface area contributed by atoms with Gasteiger partial charge in [0, 0.05) is 18.7 Å². The summed E-state index contributed by atoms with van der Waals surface area (Å²) in [5.74, 6) is 1.62. The fourth-order valence-electron chi connectivity index (χ4n) is 3.89. The lowest BCUT2D eigenvalue weighted by Crippen LogP contribution is -2.39. The molecule has 1 amide bonds. The van der Waals surface area contributed by atoms with Crippen molar-refractivity contribution in [3.05, 3.63) is 53.6 Å². The van der Waals surface area contributed by atoms with Crippen LogP contribution in [0.1, 0.15) is 35.7 Å². The molecule has 4 rings (SSSR count). The van der Waals surface area contributed by atoms with Crippen LogP contribution in [0.15, 0.2) is 42.5 Å². The number of piperidine rings is 1. The van der Waals surface area contributed by atoms with Crippen LogP contribution in [0.5, 0.6) is 5.75 Å². The Kier molecular flexibility index (Phi) is 5.70. The van der Waals surface area contributed by atoms with Gasteiger partial charge in [-0.15, -0.1) is 0 Å². The van der Waals surface area contributed by atoms with Crippen molar-refractivity contribution in [1.29, 1.82) is 0 Å². The highest BCUT2D eigenvalue weighted by atomic mass is 16.5. The van der Waals surface area contributed by atoms with E-state index in [1.807, 2.05) is 47.4 Å². The first-order valence-electron chi connectivity index (χ1n) is 10.4. The van der Waals surface area contributed by atoms with Crippen LogP contribution in [0.4, 0.5) is 11.8 Å². The average Bonchev–Trinajstić information content (AvgIpc) is 2.77. The number of carbonyl (C=O) groups is 1. The van der Waals surface area contributed by atoms with Crippen LogP contribution in [-0.4, -0.2) is 40.5 Å². The Hall–Kier alpha value is -3.35. The first-order chi connectivity index (χ1) is 14.5. The van der Waals surface area contributed by atoms with Gasteiger partial charge in [-0.2, -0.15) is 4.98 Å². The molecule has 0 aliphatic carbocycles. The molecule has 2 heterocycles. The first kappa shape index (κ1) is 19.9. The number of carbonyl (C=O) groups excluding carboxylic acids is 1. The third kappa shape index (κ3) is 4.15. The zero-order valence-corrected chi connectivity index (χ0v) is 17.2. The van der Waals surface area contributed by atoms with Gasteiger partial charge in [-0.3, -0.25) is 4.79 Å². The van der Waals surface area contributed by atoms with Crippen molar-refractivity contribution in [1.82, 2.24) is 14.9 Å². The number of benzene rings is 2. The molecule has 1 fully saturated rings. The molecule has 0 spiro atoms. The molecular formula is C23H27N5O2. The molecule has 4 N–H and O–H groups in total. The number of likely N-dealkylation sites (tertiary alicyclic amines) is 1. The number of ether oxygens (including phenoxy) is 1. The second-order valence-electron chi connectivity index (χ2n) is 7.71. The molecule has 2 aromatic carbocycles. The fraction of sp³-hybridized carbons (Fsp3) is 0.348. The van der Waals surface area contributed by atoms with E-state index in [1.165, 1.54) is 5.56 Å². The largest absolute Gasteiger partial charge is 0.492 e. The monoisotopic (exact) mass is 405 g/mol. The van der Waals surface area contributed by atoms with E-state index in [2.05, 4.69) is 16.9 Å². The second-order valence-corrected chi connectivity index (χ2v) is 7.71. The Morgan fingerprint density at radius 1 is 1.10 bits per heavy atom. The van der Waals surface area contributed by atoms with Crippen molar-refractivity contribution in [3.63, 3.8) is 0 Å². The van der Waals surface area contributed by atoms with Crippen LogP contribution < -0.4 is 16.2 Å². The van der Waals surface area contributed by atoms with Crippen LogP contribution in [0.2, 0.25) is 0 Å². The number of hydrogen-bond acceptors (Lipinski definition) is 6. The van der Waals surface area contributed by atoms with Gasteiger partial charge in [0.15, 0.2) is 0 Å². The number of hydrogen-bond donors (Lipinski definition) is 2. The topological polar surface area (TPSA) is 107 Å². The Labute approximate surface area is 176 Å². The van der Waals surface area contributed by atoms with Gasteiger partial charge in [0.25, 0.3) is 5.91 Å². The molecule has 0 unspecified atom stereocenters. The van der Waals surface area contributed by atoms with Crippen molar-refractivity contribution in [2.75, 3.05) is 31.2 Å². The van der Waals surface area contributed by atoms with Crippen molar-refractivity contribution in [2.45, 2.75) is 26.2 Å². The number of anilines is 2. The fourth-order valence-corrected chi connectivity index (χ4v) is 3.89. The minimum absolute atomic E-state index is 0.105. The number of rotatable bonds is 5. The lowest BCUT2D eigenvalue weighted by Gasteiger charge is -2.32. The number of nitrogens with two attached hydrogens (primary N) is 2. The van der Waals surface area contributed by atoms with Gasteiger partial charge in [0.05, 0.1) is 17.5 Å². The van der Waals surface area contributed by atoms with Gasteiger partial charge in [-0.05, 0) is 55.0 Å². The summed E-state index contributed by atoms with van der Waals surface area (Å²) in [5.41, 5.74) is 14.4. The highest BCUT2D eigenvalue weighted by molar-refractivity contribution is 5.95. The van der Waals surface area contributed by atoms with Crippen LogP contribution in [-0.2, 0) is 6.42 Å². The zero-order valence-electron chi connectivity index (χ0n) is 17.2. The average molecular weight is 406 g/mol. The molecular weight excluding hydrogens is 378 g/mol. The SMILES string of the molecule is CCc1ccc(C(=O)N2CCC(COc3cccc4nc(N)nc(N)c34)CC2)cc1. The number of nitrogens with zero attached hydrogens (tertiary/aromatic N) is 3. The Morgan fingerprint density at radius 2 is 1.83 bits per heavy atom. The molecule has 0 atom stereocenters. The van der Waals surface area contributed by atoms with Crippen molar-refractivity contribution >= 4 is 28.6 Å². The van der Waals surface area contributed by atoms with E-state index in [4.69, 9.17) is 16.2 Å². The predicted molar refractivity (Wildman–Crippen MR) is 118 cm³/mol. The minimum Gasteiger partial charge on any atom is -0.492 e. The first-order valence-corrected chi connectivity index (χ1v) is 10.4. The highest BCUT2D eigenvalue weighted by Gasteiger charge is 2.24. The maximum atomic E-state index is 12.8. The molecule has 0 saturated carbocycles. The summed E-state index contributed by atoms with van der Waals surface area (Å²) in [6, 6.07) is 13.5. The number of aromatic nitrogens is 2. The lowest BCUT2D eigenvalue weighted by molar-refractivity contribution is 0.0661. The summed E-state index contributed by atoms with van der Waals surface area (Å²) in [4.78, 5) is 23.0. The van der Waals surface area contributed by atoms with Crippen molar-refractivity contribution < 1.29 is 9.53 Å². The van der Waals surface area contributed by atoms with Gasteiger partial charge in [-0.25, -0.2) is 4.98 Å². The Bertz CT molecular complexity index is 1040. The van der Waals surface area contributed by atoms with E-state index in [0.29, 0.717) is 35.0 Å². The summed E-state index contributed by atoms with van der Waals surface area (Å²) < 4.78 is 6.08. The normalized spacial score (nSPS) is 14.8. The van der Waals surface area contributed by atoms with Crippen molar-refractivity contribution in [3.8, 4) is 5.75 Å². The van der Waals surface area contributed by atoms with Gasteiger partial charge >= 0.3 is 0 Å².